The lowest BCUT2D eigenvalue weighted by Crippen LogP contribution is -2.41. The number of hydrogen-bond acceptors (Lipinski definition) is 6. The van der Waals surface area contributed by atoms with Crippen molar-refractivity contribution in [2.24, 2.45) is 0 Å². The van der Waals surface area contributed by atoms with Crippen molar-refractivity contribution in [2.75, 3.05) is 0 Å². The van der Waals surface area contributed by atoms with E-state index in [4.69, 9.17) is 9.72 Å². The number of esters is 1. The van der Waals surface area contributed by atoms with E-state index in [0.29, 0.717) is 23.1 Å². The first-order valence-electron chi connectivity index (χ1n) is 8.83. The van der Waals surface area contributed by atoms with Gasteiger partial charge in [0.25, 0.3) is 0 Å². The number of phenols is 2. The average Bonchev–Trinajstić information content (AvgIpc) is 3.01. The van der Waals surface area contributed by atoms with E-state index in [1.54, 1.807) is 31.2 Å². The van der Waals surface area contributed by atoms with Crippen molar-refractivity contribution >= 4 is 16.9 Å². The van der Waals surface area contributed by atoms with E-state index in [1.807, 2.05) is 6.07 Å². The van der Waals surface area contributed by atoms with Crippen LogP contribution in [0.3, 0.4) is 0 Å². The minimum atomic E-state index is -1.77. The predicted octanol–water partition coefficient (Wildman–Crippen LogP) is 2.87. The molecule has 1 aliphatic carbocycles. The third-order valence-electron chi connectivity index (χ3n) is 5.65. The highest BCUT2D eigenvalue weighted by atomic mass is 16.6. The van der Waals surface area contributed by atoms with Crippen LogP contribution in [0.25, 0.3) is 22.2 Å². The molecule has 3 aromatic rings. The number of carbonyl (C=O) groups is 1. The van der Waals surface area contributed by atoms with E-state index < -0.39 is 11.6 Å². The third kappa shape index (κ3) is 2.04. The summed E-state index contributed by atoms with van der Waals surface area (Å²) < 4.78 is 5.11. The average molecular weight is 363 g/mol. The number of fused-ring (bicyclic) bond motifs is 5. The van der Waals surface area contributed by atoms with Crippen LogP contribution in [-0.2, 0) is 28.2 Å². The highest BCUT2D eigenvalue weighted by molar-refractivity contribution is 5.90. The van der Waals surface area contributed by atoms with E-state index in [2.05, 4.69) is 0 Å². The molecule has 1 aromatic heterocycles. The molecular formula is C21H17NO5. The monoisotopic (exact) mass is 363 g/mol. The Bertz CT molecular complexity index is 1150. The second kappa shape index (κ2) is 5.20. The fourth-order valence-corrected chi connectivity index (χ4v) is 4.13. The minimum absolute atomic E-state index is 0.0479. The molecule has 27 heavy (non-hydrogen) atoms. The van der Waals surface area contributed by atoms with Crippen LogP contribution in [0.5, 0.6) is 11.5 Å². The van der Waals surface area contributed by atoms with Crippen LogP contribution in [0.1, 0.15) is 35.6 Å². The van der Waals surface area contributed by atoms with Gasteiger partial charge in [-0.15, -0.1) is 0 Å². The van der Waals surface area contributed by atoms with Gasteiger partial charge < -0.3 is 20.1 Å². The molecule has 136 valence electrons. The highest BCUT2D eigenvalue weighted by Gasteiger charge is 2.45. The zero-order valence-corrected chi connectivity index (χ0v) is 14.6. The van der Waals surface area contributed by atoms with Gasteiger partial charge in [0.15, 0.2) is 5.60 Å². The minimum Gasteiger partial charge on any atom is -0.508 e. The maximum atomic E-state index is 12.2. The number of nitrogens with zero attached hydrogens (tertiary/aromatic N) is 1. The Hall–Kier alpha value is -3.12. The van der Waals surface area contributed by atoms with E-state index in [0.717, 1.165) is 27.7 Å². The van der Waals surface area contributed by atoms with E-state index in [9.17, 15) is 20.1 Å². The first-order chi connectivity index (χ1) is 12.9. The zero-order chi connectivity index (χ0) is 18.9. The van der Waals surface area contributed by atoms with Crippen LogP contribution in [0.15, 0.2) is 30.3 Å². The summed E-state index contributed by atoms with van der Waals surface area (Å²) in [7, 11) is 0. The molecular weight excluding hydrogens is 346 g/mol. The molecule has 6 nitrogen and oxygen atoms in total. The third-order valence-corrected chi connectivity index (χ3v) is 5.65. The van der Waals surface area contributed by atoms with Crippen molar-refractivity contribution in [1.82, 2.24) is 4.98 Å². The van der Waals surface area contributed by atoms with Gasteiger partial charge in [0.2, 0.25) is 0 Å². The van der Waals surface area contributed by atoms with Gasteiger partial charge in [-0.05, 0) is 42.3 Å². The second-order valence-corrected chi connectivity index (χ2v) is 7.12. The lowest BCUT2D eigenvalue weighted by Gasteiger charge is -2.32. The number of ether oxygens (including phenoxy) is 1. The first kappa shape index (κ1) is 16.1. The van der Waals surface area contributed by atoms with Crippen LogP contribution >= 0.6 is 0 Å². The Kier molecular flexibility index (Phi) is 3.10. The first-order valence-corrected chi connectivity index (χ1v) is 8.83. The number of carbonyl (C=O) groups excluding carboxylic acids is 1. The molecule has 2 aliphatic rings. The number of aromatic nitrogens is 1. The van der Waals surface area contributed by atoms with Gasteiger partial charge >= 0.3 is 5.97 Å². The summed E-state index contributed by atoms with van der Waals surface area (Å²) in [6, 6.07) is 8.68. The summed E-state index contributed by atoms with van der Waals surface area (Å²) in [4.78, 5) is 16.9. The van der Waals surface area contributed by atoms with Gasteiger partial charge in [-0.3, -0.25) is 0 Å². The maximum Gasteiger partial charge on any atom is 0.343 e. The van der Waals surface area contributed by atoms with Crippen molar-refractivity contribution < 1.29 is 24.9 Å². The molecule has 0 saturated carbocycles. The van der Waals surface area contributed by atoms with Crippen molar-refractivity contribution in [1.29, 1.82) is 0 Å². The smallest absolute Gasteiger partial charge is 0.343 e. The Labute approximate surface area is 154 Å². The Morgan fingerprint density at radius 2 is 2.00 bits per heavy atom. The topological polar surface area (TPSA) is 99.9 Å². The van der Waals surface area contributed by atoms with Crippen molar-refractivity contribution in [3.8, 4) is 22.8 Å². The number of aliphatic hydroxyl groups is 1. The number of phenolic OH excluding ortho intramolecular Hbond substituents is 2. The summed E-state index contributed by atoms with van der Waals surface area (Å²) in [6.07, 6.45) is 0.634. The Morgan fingerprint density at radius 3 is 2.78 bits per heavy atom. The van der Waals surface area contributed by atoms with Crippen LogP contribution in [-0.4, -0.2) is 26.3 Å². The molecule has 1 aliphatic heterocycles. The second-order valence-electron chi connectivity index (χ2n) is 7.12. The molecule has 1 atom stereocenters. The van der Waals surface area contributed by atoms with Gasteiger partial charge in [-0.1, -0.05) is 6.92 Å². The zero-order valence-electron chi connectivity index (χ0n) is 14.6. The summed E-state index contributed by atoms with van der Waals surface area (Å²) >= 11 is 0. The van der Waals surface area contributed by atoms with Crippen LogP contribution in [0, 0.1) is 0 Å². The fourth-order valence-electron chi connectivity index (χ4n) is 4.13. The van der Waals surface area contributed by atoms with Crippen molar-refractivity contribution in [3.05, 3.63) is 52.6 Å². The standard InChI is InChI=1S/C21H17NO5/c1-2-21(26)16-8-13-14(19(24)15(16)9-27-20(21)25)7-11-5-10-6-12(23)3-4-17(10)22-18(11)13/h3-6,8,23-24,26H,2,7,9H2,1H3/t21-/m0/s1. The number of cyclic esters (lactones) is 1. The largest absolute Gasteiger partial charge is 0.508 e. The predicted molar refractivity (Wildman–Crippen MR) is 97.3 cm³/mol. The number of hydrogen-bond donors (Lipinski definition) is 3. The molecule has 0 radical (unpaired) electrons. The molecule has 0 saturated heterocycles. The number of rotatable bonds is 1. The quantitative estimate of drug-likeness (QED) is 0.450. The van der Waals surface area contributed by atoms with Crippen LogP contribution < -0.4 is 0 Å². The van der Waals surface area contributed by atoms with Gasteiger partial charge in [0.1, 0.15) is 18.1 Å². The van der Waals surface area contributed by atoms with Gasteiger partial charge in [-0.2, -0.15) is 0 Å². The molecule has 5 rings (SSSR count). The summed E-state index contributed by atoms with van der Waals surface area (Å²) in [5.41, 5.74) is 2.87. The molecule has 3 N–H and O–H groups in total. The highest BCUT2D eigenvalue weighted by Crippen LogP contribution is 2.48. The SMILES string of the molecule is CC[C@@]1(O)C(=O)OCc2c1cc1c(c2O)Cc2cc3cc(O)ccc3nc2-1. The fraction of sp³-hybridized carbons (Fsp3) is 0.238. The van der Waals surface area contributed by atoms with Gasteiger partial charge in [0.05, 0.1) is 11.2 Å². The van der Waals surface area contributed by atoms with Crippen molar-refractivity contribution in [2.45, 2.75) is 32.0 Å². The van der Waals surface area contributed by atoms with Crippen LogP contribution in [0.4, 0.5) is 0 Å². The molecule has 0 fully saturated rings. The summed E-state index contributed by atoms with van der Waals surface area (Å²) in [5, 5.41) is 32.2. The molecule has 2 heterocycles. The molecule has 0 unspecified atom stereocenters. The maximum absolute atomic E-state index is 12.2. The molecule has 2 aromatic carbocycles. The lowest BCUT2D eigenvalue weighted by atomic mass is 9.83. The Balaban J connectivity index is 1.78. The van der Waals surface area contributed by atoms with E-state index in [1.165, 1.54) is 0 Å². The van der Waals surface area contributed by atoms with Gasteiger partial charge in [0, 0.05) is 34.1 Å². The van der Waals surface area contributed by atoms with Crippen LogP contribution in [0.2, 0.25) is 0 Å². The molecule has 0 spiro atoms. The number of benzene rings is 2. The molecule has 6 heteroatoms. The van der Waals surface area contributed by atoms with Gasteiger partial charge in [-0.25, -0.2) is 9.78 Å². The van der Waals surface area contributed by atoms with Crippen molar-refractivity contribution in [3.63, 3.8) is 0 Å². The summed E-state index contributed by atoms with van der Waals surface area (Å²) in [5.74, 6) is -0.481. The number of pyridine rings is 1. The Morgan fingerprint density at radius 1 is 1.19 bits per heavy atom. The molecule has 0 bridgehead atoms. The lowest BCUT2D eigenvalue weighted by molar-refractivity contribution is -0.172. The number of aromatic hydroxyl groups is 2. The normalized spacial score (nSPS) is 20.1. The van der Waals surface area contributed by atoms with E-state index in [-0.39, 0.29) is 24.5 Å². The van der Waals surface area contributed by atoms with E-state index >= 15 is 0 Å². The molecule has 0 amide bonds. The summed E-state index contributed by atoms with van der Waals surface area (Å²) in [6.45, 7) is 1.64.